The molecule has 0 spiro atoms. The van der Waals surface area contributed by atoms with Crippen LogP contribution in [-0.2, 0) is 6.54 Å². The average molecular weight is 288 g/mol. The number of aromatic nitrogens is 1. The summed E-state index contributed by atoms with van der Waals surface area (Å²) in [4.78, 5) is 15.0. The minimum Gasteiger partial charge on any atom is -0.497 e. The van der Waals surface area contributed by atoms with Crippen LogP contribution in [0.4, 0.5) is 0 Å². The van der Waals surface area contributed by atoms with Crippen molar-refractivity contribution in [3.63, 3.8) is 0 Å². The topological polar surface area (TPSA) is 63.4 Å². The molecule has 1 aromatic carbocycles. The summed E-state index contributed by atoms with van der Waals surface area (Å²) in [6.45, 7) is 3.39. The summed E-state index contributed by atoms with van der Waals surface area (Å²) < 4.78 is 10.5. The van der Waals surface area contributed by atoms with Crippen LogP contribution in [0.1, 0.15) is 12.5 Å². The number of benzene rings is 1. The molecule has 5 nitrogen and oxygen atoms in total. The fourth-order valence-corrected chi connectivity index (χ4v) is 2.08. The Morgan fingerprint density at radius 1 is 1.14 bits per heavy atom. The van der Waals surface area contributed by atoms with Gasteiger partial charge in [0.25, 0.3) is 5.56 Å². The molecule has 112 valence electrons. The Kier molecular flexibility index (Phi) is 5.00. The van der Waals surface area contributed by atoms with Crippen LogP contribution in [0.5, 0.6) is 11.5 Å². The molecule has 1 aromatic heterocycles. The molecule has 21 heavy (non-hydrogen) atoms. The van der Waals surface area contributed by atoms with E-state index in [1.807, 2.05) is 31.2 Å². The molecule has 0 radical (unpaired) electrons. The number of pyridine rings is 1. The summed E-state index contributed by atoms with van der Waals surface area (Å²) in [6.07, 6.45) is 0. The summed E-state index contributed by atoms with van der Waals surface area (Å²) in [5, 5.41) is 3.14. The normalized spacial score (nSPS) is 10.4. The Balaban J connectivity index is 2.38. The number of rotatable bonds is 6. The number of hydrogen-bond acceptors (Lipinski definition) is 4. The van der Waals surface area contributed by atoms with Crippen molar-refractivity contribution in [2.45, 2.75) is 13.5 Å². The standard InChI is InChI=1S/C16H20N2O3/c1-4-17-10-11-5-8-14(18-16(11)19)13-7-6-12(20-2)9-15(13)21-3/h5-9,17H,4,10H2,1-3H3,(H,18,19). The monoisotopic (exact) mass is 288 g/mol. The van der Waals surface area contributed by atoms with Crippen molar-refractivity contribution < 1.29 is 9.47 Å². The van der Waals surface area contributed by atoms with E-state index in [9.17, 15) is 4.79 Å². The van der Waals surface area contributed by atoms with Gasteiger partial charge in [0.05, 0.1) is 19.9 Å². The van der Waals surface area contributed by atoms with Gasteiger partial charge in [0.1, 0.15) is 11.5 Å². The lowest BCUT2D eigenvalue weighted by Crippen LogP contribution is -2.20. The van der Waals surface area contributed by atoms with E-state index in [2.05, 4.69) is 10.3 Å². The number of hydrogen-bond donors (Lipinski definition) is 2. The van der Waals surface area contributed by atoms with E-state index < -0.39 is 0 Å². The van der Waals surface area contributed by atoms with Crippen LogP contribution >= 0.6 is 0 Å². The smallest absolute Gasteiger partial charge is 0.252 e. The second-order valence-corrected chi connectivity index (χ2v) is 4.57. The maximum Gasteiger partial charge on any atom is 0.252 e. The number of aromatic amines is 1. The lowest BCUT2D eigenvalue weighted by atomic mass is 10.1. The zero-order valence-corrected chi connectivity index (χ0v) is 12.5. The molecular formula is C16H20N2O3. The van der Waals surface area contributed by atoms with Crippen LogP contribution in [0.15, 0.2) is 35.1 Å². The molecule has 0 saturated heterocycles. The predicted octanol–water partition coefficient (Wildman–Crippen LogP) is 2.17. The van der Waals surface area contributed by atoms with Gasteiger partial charge in [-0.1, -0.05) is 13.0 Å². The van der Waals surface area contributed by atoms with Gasteiger partial charge < -0.3 is 19.8 Å². The van der Waals surface area contributed by atoms with Crippen molar-refractivity contribution in [1.82, 2.24) is 10.3 Å². The molecule has 0 aliphatic heterocycles. The SMILES string of the molecule is CCNCc1ccc(-c2ccc(OC)cc2OC)[nH]c1=O. The van der Waals surface area contributed by atoms with Crippen LogP contribution in [0, 0.1) is 0 Å². The molecule has 2 aromatic rings. The number of ether oxygens (including phenoxy) is 2. The summed E-state index contributed by atoms with van der Waals surface area (Å²) in [7, 11) is 3.20. The first kappa shape index (κ1) is 15.1. The Morgan fingerprint density at radius 2 is 1.95 bits per heavy atom. The molecule has 0 amide bonds. The highest BCUT2D eigenvalue weighted by atomic mass is 16.5. The van der Waals surface area contributed by atoms with Crippen LogP contribution in [-0.4, -0.2) is 25.7 Å². The molecule has 5 heteroatoms. The molecule has 1 heterocycles. The number of methoxy groups -OCH3 is 2. The number of H-pyrrole nitrogens is 1. The van der Waals surface area contributed by atoms with Gasteiger partial charge in [0.2, 0.25) is 0 Å². The van der Waals surface area contributed by atoms with Gasteiger partial charge in [-0.25, -0.2) is 0 Å². The molecule has 0 saturated carbocycles. The zero-order chi connectivity index (χ0) is 15.2. The lowest BCUT2D eigenvalue weighted by Gasteiger charge is -2.11. The van der Waals surface area contributed by atoms with Crippen LogP contribution in [0.2, 0.25) is 0 Å². The lowest BCUT2D eigenvalue weighted by molar-refractivity contribution is 0.395. The van der Waals surface area contributed by atoms with Crippen molar-refractivity contribution in [3.05, 3.63) is 46.2 Å². The van der Waals surface area contributed by atoms with Gasteiger partial charge in [-0.3, -0.25) is 4.79 Å². The summed E-state index contributed by atoms with van der Waals surface area (Å²) in [6, 6.07) is 9.22. The second kappa shape index (κ2) is 6.95. The predicted molar refractivity (Wildman–Crippen MR) is 83.0 cm³/mol. The fraction of sp³-hybridized carbons (Fsp3) is 0.312. The Bertz CT molecular complexity index is 665. The molecule has 2 rings (SSSR count). The molecular weight excluding hydrogens is 268 g/mol. The molecule has 0 aliphatic carbocycles. The van der Waals surface area contributed by atoms with E-state index in [1.165, 1.54) is 0 Å². The molecule has 0 unspecified atom stereocenters. The van der Waals surface area contributed by atoms with Gasteiger partial charge in [0, 0.05) is 23.7 Å². The van der Waals surface area contributed by atoms with Crippen LogP contribution in [0.3, 0.4) is 0 Å². The van der Waals surface area contributed by atoms with Crippen molar-refractivity contribution in [1.29, 1.82) is 0 Å². The molecule has 0 atom stereocenters. The summed E-state index contributed by atoms with van der Waals surface area (Å²) in [5.41, 5.74) is 2.17. The fourth-order valence-electron chi connectivity index (χ4n) is 2.08. The Morgan fingerprint density at radius 3 is 2.57 bits per heavy atom. The minimum atomic E-state index is -0.0914. The van der Waals surface area contributed by atoms with E-state index in [1.54, 1.807) is 20.3 Å². The van der Waals surface area contributed by atoms with Gasteiger partial charge >= 0.3 is 0 Å². The third-order valence-corrected chi connectivity index (χ3v) is 3.26. The Hall–Kier alpha value is -2.27. The first-order valence-electron chi connectivity index (χ1n) is 6.85. The van der Waals surface area contributed by atoms with Crippen molar-refractivity contribution in [3.8, 4) is 22.8 Å². The third kappa shape index (κ3) is 3.44. The Labute approximate surface area is 123 Å². The molecule has 0 bridgehead atoms. The first-order chi connectivity index (χ1) is 10.2. The van der Waals surface area contributed by atoms with E-state index in [0.717, 1.165) is 17.8 Å². The minimum absolute atomic E-state index is 0.0914. The second-order valence-electron chi connectivity index (χ2n) is 4.57. The molecule has 2 N–H and O–H groups in total. The number of nitrogens with one attached hydrogen (secondary N) is 2. The van der Waals surface area contributed by atoms with E-state index in [0.29, 0.717) is 23.6 Å². The first-order valence-corrected chi connectivity index (χ1v) is 6.85. The average Bonchev–Trinajstić information content (AvgIpc) is 2.53. The van der Waals surface area contributed by atoms with Crippen molar-refractivity contribution >= 4 is 0 Å². The van der Waals surface area contributed by atoms with E-state index in [-0.39, 0.29) is 5.56 Å². The summed E-state index contributed by atoms with van der Waals surface area (Å²) >= 11 is 0. The van der Waals surface area contributed by atoms with E-state index in [4.69, 9.17) is 9.47 Å². The van der Waals surface area contributed by atoms with Gasteiger partial charge in [-0.2, -0.15) is 0 Å². The van der Waals surface area contributed by atoms with Crippen LogP contribution in [0.25, 0.3) is 11.3 Å². The summed E-state index contributed by atoms with van der Waals surface area (Å²) in [5.74, 6) is 1.37. The maximum absolute atomic E-state index is 12.1. The van der Waals surface area contributed by atoms with Crippen molar-refractivity contribution in [2.75, 3.05) is 20.8 Å². The quantitative estimate of drug-likeness (QED) is 0.855. The highest BCUT2D eigenvalue weighted by Crippen LogP contribution is 2.31. The van der Waals surface area contributed by atoms with Gasteiger partial charge in [-0.15, -0.1) is 0 Å². The highest BCUT2D eigenvalue weighted by Gasteiger charge is 2.09. The maximum atomic E-state index is 12.1. The van der Waals surface area contributed by atoms with E-state index >= 15 is 0 Å². The third-order valence-electron chi connectivity index (χ3n) is 3.26. The van der Waals surface area contributed by atoms with Crippen molar-refractivity contribution in [2.24, 2.45) is 0 Å². The zero-order valence-electron chi connectivity index (χ0n) is 12.5. The van der Waals surface area contributed by atoms with Crippen LogP contribution < -0.4 is 20.3 Å². The largest absolute Gasteiger partial charge is 0.497 e. The van der Waals surface area contributed by atoms with Gasteiger partial charge in [-0.05, 0) is 24.7 Å². The highest BCUT2D eigenvalue weighted by molar-refractivity contribution is 5.68. The molecule has 0 aliphatic rings. The molecule has 0 fully saturated rings. The van der Waals surface area contributed by atoms with Gasteiger partial charge in [0.15, 0.2) is 0 Å².